The molecule has 1 atom stereocenters. The number of aromatic nitrogens is 2. The van der Waals surface area contributed by atoms with Gasteiger partial charge in [-0.1, -0.05) is 24.3 Å². The van der Waals surface area contributed by atoms with Crippen molar-refractivity contribution in [1.29, 1.82) is 0 Å². The van der Waals surface area contributed by atoms with Crippen LogP contribution in [0.3, 0.4) is 0 Å². The number of hydrogen-bond acceptors (Lipinski definition) is 6. The van der Waals surface area contributed by atoms with Gasteiger partial charge in [0.2, 0.25) is 0 Å². The second kappa shape index (κ2) is 6.92. The maximum atomic E-state index is 12.6. The molecule has 8 heteroatoms. The predicted molar refractivity (Wildman–Crippen MR) is 102 cm³/mol. The quantitative estimate of drug-likeness (QED) is 0.854. The van der Waals surface area contributed by atoms with Gasteiger partial charge in [0.1, 0.15) is 17.3 Å². The second-order valence-corrected chi connectivity index (χ2v) is 9.40. The Morgan fingerprint density at radius 3 is 2.74 bits per heavy atom. The summed E-state index contributed by atoms with van der Waals surface area (Å²) in [5, 5.41) is 2.80. The number of fused-ring (bicyclic) bond motifs is 1. The highest BCUT2D eigenvalue weighted by molar-refractivity contribution is 7.91. The molecule has 3 heterocycles. The summed E-state index contributed by atoms with van der Waals surface area (Å²) in [6.07, 6.45) is 1.38. The summed E-state index contributed by atoms with van der Waals surface area (Å²) in [6.45, 7) is 3.34. The van der Waals surface area contributed by atoms with E-state index in [1.807, 2.05) is 6.07 Å². The van der Waals surface area contributed by atoms with Gasteiger partial charge in [-0.15, -0.1) is 0 Å². The number of sulfone groups is 1. The Labute approximate surface area is 158 Å². The lowest BCUT2D eigenvalue weighted by molar-refractivity contribution is 0.0935. The lowest BCUT2D eigenvalue weighted by Crippen LogP contribution is -2.36. The highest BCUT2D eigenvalue weighted by Crippen LogP contribution is 2.23. The van der Waals surface area contributed by atoms with E-state index in [9.17, 15) is 13.2 Å². The lowest BCUT2D eigenvalue weighted by Gasteiger charge is -2.30. The summed E-state index contributed by atoms with van der Waals surface area (Å²) in [4.78, 5) is 23.5. The van der Waals surface area contributed by atoms with Gasteiger partial charge in [0.25, 0.3) is 5.91 Å². The SMILES string of the molecule is Cc1nc(C(=O)NC2CCS(=O)(=O)C2)cc(N2CCc3ccccc3C2)n1. The summed E-state index contributed by atoms with van der Waals surface area (Å²) in [5.74, 6) is 1.02. The molecule has 0 saturated carbocycles. The minimum atomic E-state index is -3.04. The van der Waals surface area contributed by atoms with Crippen molar-refractivity contribution in [3.8, 4) is 0 Å². The van der Waals surface area contributed by atoms with E-state index in [0.29, 0.717) is 12.2 Å². The topological polar surface area (TPSA) is 92.3 Å². The predicted octanol–water partition coefficient (Wildman–Crippen LogP) is 1.26. The maximum Gasteiger partial charge on any atom is 0.270 e. The van der Waals surface area contributed by atoms with Crippen LogP contribution < -0.4 is 10.2 Å². The van der Waals surface area contributed by atoms with Crippen LogP contribution in [-0.4, -0.2) is 48.4 Å². The smallest absolute Gasteiger partial charge is 0.270 e. The fourth-order valence-electron chi connectivity index (χ4n) is 3.69. The molecular weight excluding hydrogens is 364 g/mol. The number of aryl methyl sites for hydroxylation is 1. The molecule has 0 spiro atoms. The minimum Gasteiger partial charge on any atom is -0.352 e. The zero-order chi connectivity index (χ0) is 19.0. The molecule has 7 nitrogen and oxygen atoms in total. The standard InChI is InChI=1S/C19H22N4O3S/c1-13-20-17(19(24)22-16-7-9-27(25,26)12-16)10-18(21-13)23-8-6-14-4-2-3-5-15(14)11-23/h2-5,10,16H,6-9,11-12H2,1H3,(H,22,24). The van der Waals surface area contributed by atoms with Crippen molar-refractivity contribution in [1.82, 2.24) is 15.3 Å². The summed E-state index contributed by atoms with van der Waals surface area (Å²) < 4.78 is 23.2. The number of carbonyl (C=O) groups is 1. The Morgan fingerprint density at radius 1 is 1.22 bits per heavy atom. The van der Waals surface area contributed by atoms with Crippen LogP contribution in [0.5, 0.6) is 0 Å². The van der Waals surface area contributed by atoms with E-state index in [1.165, 1.54) is 11.1 Å². The van der Waals surface area contributed by atoms with E-state index < -0.39 is 9.84 Å². The zero-order valence-corrected chi connectivity index (χ0v) is 16.0. The third-order valence-electron chi connectivity index (χ3n) is 5.08. The summed E-state index contributed by atoms with van der Waals surface area (Å²) >= 11 is 0. The van der Waals surface area contributed by atoms with Gasteiger partial charge < -0.3 is 10.2 Å². The molecule has 1 amide bonds. The highest BCUT2D eigenvalue weighted by Gasteiger charge is 2.29. The molecule has 2 aromatic rings. The molecule has 1 fully saturated rings. The molecular formula is C19H22N4O3S. The monoisotopic (exact) mass is 386 g/mol. The van der Waals surface area contributed by atoms with E-state index in [0.717, 1.165) is 25.3 Å². The van der Waals surface area contributed by atoms with Crippen LogP contribution in [0.2, 0.25) is 0 Å². The van der Waals surface area contributed by atoms with Crippen LogP contribution in [-0.2, 0) is 22.8 Å². The highest BCUT2D eigenvalue weighted by atomic mass is 32.2. The first-order valence-corrected chi connectivity index (χ1v) is 10.9. The van der Waals surface area contributed by atoms with Crippen LogP contribution in [0, 0.1) is 6.92 Å². The van der Waals surface area contributed by atoms with Gasteiger partial charge in [-0.25, -0.2) is 18.4 Å². The maximum absolute atomic E-state index is 12.6. The van der Waals surface area contributed by atoms with Crippen LogP contribution in [0.1, 0.15) is 33.9 Å². The van der Waals surface area contributed by atoms with E-state index in [1.54, 1.807) is 13.0 Å². The normalized spacial score (nSPS) is 20.9. The Morgan fingerprint density at radius 2 is 2.00 bits per heavy atom. The van der Waals surface area contributed by atoms with Crippen LogP contribution in [0.4, 0.5) is 5.82 Å². The molecule has 1 saturated heterocycles. The number of anilines is 1. The first-order valence-electron chi connectivity index (χ1n) is 9.08. The average Bonchev–Trinajstić information content (AvgIpc) is 2.99. The van der Waals surface area contributed by atoms with Gasteiger partial charge in [-0.05, 0) is 30.9 Å². The summed E-state index contributed by atoms with van der Waals surface area (Å²) in [5.41, 5.74) is 2.89. The number of amides is 1. The van der Waals surface area contributed by atoms with E-state index in [4.69, 9.17) is 0 Å². The minimum absolute atomic E-state index is 0.00142. The molecule has 1 aromatic heterocycles. The van der Waals surface area contributed by atoms with Gasteiger partial charge in [0.05, 0.1) is 11.5 Å². The van der Waals surface area contributed by atoms with E-state index in [2.05, 4.69) is 38.4 Å². The van der Waals surface area contributed by atoms with Crippen molar-refractivity contribution in [3.63, 3.8) is 0 Å². The number of benzene rings is 1. The van der Waals surface area contributed by atoms with E-state index in [-0.39, 0.29) is 29.1 Å². The summed E-state index contributed by atoms with van der Waals surface area (Å²) in [6, 6.07) is 9.69. The number of rotatable bonds is 3. The molecule has 27 heavy (non-hydrogen) atoms. The van der Waals surface area contributed by atoms with Crippen LogP contribution in [0.25, 0.3) is 0 Å². The van der Waals surface area contributed by atoms with Crippen molar-refractivity contribution in [2.24, 2.45) is 0 Å². The van der Waals surface area contributed by atoms with Crippen LogP contribution in [0.15, 0.2) is 30.3 Å². The summed E-state index contributed by atoms with van der Waals surface area (Å²) in [7, 11) is -3.04. The number of nitrogens with zero attached hydrogens (tertiary/aromatic N) is 3. The van der Waals surface area contributed by atoms with Crippen molar-refractivity contribution in [2.75, 3.05) is 23.0 Å². The zero-order valence-electron chi connectivity index (χ0n) is 15.2. The number of hydrogen-bond donors (Lipinski definition) is 1. The van der Waals surface area contributed by atoms with Gasteiger partial charge in [-0.2, -0.15) is 0 Å². The second-order valence-electron chi connectivity index (χ2n) is 7.17. The fraction of sp³-hybridized carbons (Fsp3) is 0.421. The van der Waals surface area contributed by atoms with Gasteiger partial charge in [0.15, 0.2) is 9.84 Å². The lowest BCUT2D eigenvalue weighted by atomic mass is 10.00. The number of nitrogens with one attached hydrogen (secondary N) is 1. The molecule has 1 unspecified atom stereocenters. The molecule has 0 aliphatic carbocycles. The molecule has 2 aliphatic heterocycles. The van der Waals surface area contributed by atoms with Gasteiger partial charge in [0, 0.05) is 25.2 Å². The fourth-order valence-corrected chi connectivity index (χ4v) is 5.36. The Kier molecular flexibility index (Phi) is 4.59. The van der Waals surface area contributed by atoms with Crippen molar-refractivity contribution in [3.05, 3.63) is 53.0 Å². The number of carbonyl (C=O) groups excluding carboxylic acids is 1. The molecule has 2 aliphatic rings. The van der Waals surface area contributed by atoms with Crippen molar-refractivity contribution < 1.29 is 13.2 Å². The molecule has 0 radical (unpaired) electrons. The third kappa shape index (κ3) is 3.95. The molecule has 1 N–H and O–H groups in total. The molecule has 4 rings (SSSR count). The van der Waals surface area contributed by atoms with Gasteiger partial charge >= 0.3 is 0 Å². The average molecular weight is 386 g/mol. The van der Waals surface area contributed by atoms with Crippen molar-refractivity contribution >= 4 is 21.6 Å². The molecule has 0 bridgehead atoms. The van der Waals surface area contributed by atoms with Crippen molar-refractivity contribution in [2.45, 2.75) is 32.4 Å². The largest absolute Gasteiger partial charge is 0.352 e. The first-order chi connectivity index (χ1) is 12.9. The molecule has 1 aromatic carbocycles. The first kappa shape index (κ1) is 17.9. The molecule has 142 valence electrons. The van der Waals surface area contributed by atoms with Gasteiger partial charge in [-0.3, -0.25) is 4.79 Å². The Bertz CT molecular complexity index is 990. The Hall–Kier alpha value is -2.48. The third-order valence-corrected chi connectivity index (χ3v) is 6.85. The van der Waals surface area contributed by atoms with Crippen LogP contribution >= 0.6 is 0 Å². The Balaban J connectivity index is 1.53. The van der Waals surface area contributed by atoms with E-state index >= 15 is 0 Å².